The number of benzene rings is 4. The summed E-state index contributed by atoms with van der Waals surface area (Å²) in [5.74, 6) is 0.738. The highest BCUT2D eigenvalue weighted by Gasteiger charge is 2.23. The Balaban J connectivity index is 1.17. The molecule has 2 heterocycles. The third-order valence-electron chi connectivity index (χ3n) is 6.10. The third kappa shape index (κ3) is 4.54. The van der Waals surface area contributed by atoms with Gasteiger partial charge in [0.15, 0.2) is 0 Å². The summed E-state index contributed by atoms with van der Waals surface area (Å²) in [5.41, 5.74) is 1.91. The van der Waals surface area contributed by atoms with E-state index in [4.69, 9.17) is 9.47 Å². The lowest BCUT2D eigenvalue weighted by molar-refractivity contribution is -0.124. The van der Waals surface area contributed by atoms with Crippen molar-refractivity contribution >= 4 is 45.5 Å². The average Bonchev–Trinajstić information content (AvgIpc) is 3.43. The zero-order chi connectivity index (χ0) is 26.2. The normalized spacial score (nSPS) is 14.7. The minimum Gasteiger partial charge on any atom is -0.457 e. The van der Waals surface area contributed by atoms with E-state index < -0.39 is 23.6 Å². The quantitative estimate of drug-likeness (QED) is 0.376. The maximum atomic E-state index is 11.9. The Morgan fingerprint density at radius 1 is 0.447 bits per heavy atom. The molecule has 184 valence electrons. The van der Waals surface area contributed by atoms with Crippen LogP contribution < -0.4 is 20.1 Å². The van der Waals surface area contributed by atoms with E-state index >= 15 is 0 Å². The summed E-state index contributed by atoms with van der Waals surface area (Å²) in [5, 5.41) is 6.38. The van der Waals surface area contributed by atoms with Gasteiger partial charge in [0.1, 0.15) is 23.0 Å². The van der Waals surface area contributed by atoms with E-state index in [9.17, 15) is 19.2 Å². The summed E-state index contributed by atoms with van der Waals surface area (Å²) in [6, 6.07) is 25.3. The van der Waals surface area contributed by atoms with Gasteiger partial charge in [0.05, 0.1) is 11.1 Å². The number of carbonyl (C=O) groups excluding carboxylic acids is 4. The van der Waals surface area contributed by atoms with E-state index in [0.29, 0.717) is 45.3 Å². The van der Waals surface area contributed by atoms with Crippen LogP contribution in [-0.4, -0.2) is 23.6 Å². The lowest BCUT2D eigenvalue weighted by Gasteiger charge is -2.10. The largest absolute Gasteiger partial charge is 0.457 e. The van der Waals surface area contributed by atoms with E-state index in [-0.39, 0.29) is 0 Å². The first-order chi connectivity index (χ1) is 18.4. The number of amides is 4. The van der Waals surface area contributed by atoms with Crippen LogP contribution in [0.4, 0.5) is 0 Å². The van der Waals surface area contributed by atoms with E-state index in [1.165, 1.54) is 12.2 Å². The number of carbonyl (C=O) groups is 4. The zero-order valence-electron chi connectivity index (χ0n) is 19.7. The van der Waals surface area contributed by atoms with Crippen LogP contribution in [0.5, 0.6) is 23.0 Å². The molecule has 0 bridgehead atoms. The minimum atomic E-state index is -0.421. The maximum absolute atomic E-state index is 11.9. The van der Waals surface area contributed by atoms with Gasteiger partial charge in [0, 0.05) is 12.2 Å². The predicted octanol–water partition coefficient (Wildman–Crippen LogP) is 4.50. The molecule has 2 aliphatic rings. The van der Waals surface area contributed by atoms with Gasteiger partial charge >= 0.3 is 0 Å². The van der Waals surface area contributed by atoms with Crippen molar-refractivity contribution < 1.29 is 28.7 Å². The summed E-state index contributed by atoms with van der Waals surface area (Å²) >= 11 is 0. The molecule has 0 aliphatic carbocycles. The number of hydrogen-bond acceptors (Lipinski definition) is 6. The molecule has 8 nitrogen and oxygen atoms in total. The standard InChI is InChI=1S/C30H18N2O6/c33-27-15-25(29(35)31-27)18-3-7-21(8-4-18)37-23-11-1-17-2-12-24(14-20(17)13-23)38-22-9-5-19(6-10-22)26-16-28(34)32-30(26)36/h1-16H,(H,31,33,35)(H,32,34,36). The Kier molecular flexibility index (Phi) is 5.54. The molecule has 0 saturated carbocycles. The maximum Gasteiger partial charge on any atom is 0.258 e. The van der Waals surface area contributed by atoms with Gasteiger partial charge in [0.2, 0.25) is 0 Å². The Morgan fingerprint density at radius 3 is 1.21 bits per heavy atom. The first kappa shape index (κ1) is 22.9. The molecule has 6 rings (SSSR count). The average molecular weight is 502 g/mol. The number of nitrogens with one attached hydrogen (secondary N) is 2. The second kappa shape index (κ2) is 9.18. The van der Waals surface area contributed by atoms with E-state index in [1.807, 2.05) is 36.4 Å². The lowest BCUT2D eigenvalue weighted by Crippen LogP contribution is -2.21. The van der Waals surface area contributed by atoms with Crippen LogP contribution in [0.3, 0.4) is 0 Å². The molecule has 0 aromatic heterocycles. The Hall–Kier alpha value is -5.50. The van der Waals surface area contributed by atoms with Gasteiger partial charge in [-0.1, -0.05) is 36.4 Å². The molecule has 4 aromatic carbocycles. The van der Waals surface area contributed by atoms with Gasteiger partial charge in [-0.05, 0) is 70.4 Å². The molecule has 0 spiro atoms. The predicted molar refractivity (Wildman–Crippen MR) is 139 cm³/mol. The second-order valence-electron chi connectivity index (χ2n) is 8.68. The molecular formula is C30H18N2O6. The molecule has 2 aliphatic heterocycles. The van der Waals surface area contributed by atoms with Crippen LogP contribution >= 0.6 is 0 Å². The zero-order valence-corrected chi connectivity index (χ0v) is 19.7. The first-order valence-corrected chi connectivity index (χ1v) is 11.7. The van der Waals surface area contributed by atoms with Crippen molar-refractivity contribution in [2.75, 3.05) is 0 Å². The van der Waals surface area contributed by atoms with Crippen LogP contribution in [0, 0.1) is 0 Å². The monoisotopic (exact) mass is 502 g/mol. The summed E-state index contributed by atoms with van der Waals surface area (Å²) in [6.45, 7) is 0. The minimum absolute atomic E-state index is 0.325. The number of fused-ring (bicyclic) bond motifs is 1. The topological polar surface area (TPSA) is 111 Å². The molecule has 0 radical (unpaired) electrons. The van der Waals surface area contributed by atoms with Crippen molar-refractivity contribution in [1.82, 2.24) is 10.6 Å². The van der Waals surface area contributed by atoms with Crippen molar-refractivity contribution in [3.63, 3.8) is 0 Å². The molecule has 38 heavy (non-hydrogen) atoms. The van der Waals surface area contributed by atoms with Crippen LogP contribution in [0.1, 0.15) is 11.1 Å². The number of imide groups is 2. The van der Waals surface area contributed by atoms with E-state index in [1.54, 1.807) is 48.5 Å². The summed E-state index contributed by atoms with van der Waals surface area (Å²) in [6.07, 6.45) is 2.56. The summed E-state index contributed by atoms with van der Waals surface area (Å²) < 4.78 is 12.0. The van der Waals surface area contributed by atoms with Crippen molar-refractivity contribution in [2.24, 2.45) is 0 Å². The fraction of sp³-hybridized carbons (Fsp3) is 0. The fourth-order valence-corrected chi connectivity index (χ4v) is 4.26. The molecule has 8 heteroatoms. The Morgan fingerprint density at radius 2 is 0.842 bits per heavy atom. The van der Waals surface area contributed by atoms with E-state index in [2.05, 4.69) is 10.6 Å². The van der Waals surface area contributed by atoms with Crippen LogP contribution in [-0.2, 0) is 19.2 Å². The van der Waals surface area contributed by atoms with Crippen molar-refractivity contribution in [1.29, 1.82) is 0 Å². The Bertz CT molecular complexity index is 1590. The molecule has 0 atom stereocenters. The van der Waals surface area contributed by atoms with E-state index in [0.717, 1.165) is 10.8 Å². The molecule has 4 aromatic rings. The molecule has 0 saturated heterocycles. The van der Waals surface area contributed by atoms with Gasteiger partial charge in [-0.3, -0.25) is 29.8 Å². The number of hydrogen-bond donors (Lipinski definition) is 2. The summed E-state index contributed by atoms with van der Waals surface area (Å²) in [7, 11) is 0. The number of rotatable bonds is 6. The highest BCUT2D eigenvalue weighted by atomic mass is 16.5. The molecule has 0 fully saturated rings. The van der Waals surface area contributed by atoms with Gasteiger partial charge in [-0.25, -0.2) is 0 Å². The van der Waals surface area contributed by atoms with Crippen molar-refractivity contribution in [3.8, 4) is 23.0 Å². The van der Waals surface area contributed by atoms with Gasteiger partial charge < -0.3 is 9.47 Å². The van der Waals surface area contributed by atoms with Crippen LogP contribution in [0.2, 0.25) is 0 Å². The first-order valence-electron chi connectivity index (χ1n) is 11.7. The van der Waals surface area contributed by atoms with Crippen LogP contribution in [0.25, 0.3) is 21.9 Å². The Labute approximate surface area is 216 Å². The molecule has 2 N–H and O–H groups in total. The molecule has 4 amide bonds. The second-order valence-corrected chi connectivity index (χ2v) is 8.68. The fourth-order valence-electron chi connectivity index (χ4n) is 4.26. The van der Waals surface area contributed by atoms with Gasteiger partial charge in [0.25, 0.3) is 23.6 Å². The van der Waals surface area contributed by atoms with Crippen molar-refractivity contribution in [2.45, 2.75) is 0 Å². The van der Waals surface area contributed by atoms with Crippen LogP contribution in [0.15, 0.2) is 97.1 Å². The third-order valence-corrected chi connectivity index (χ3v) is 6.10. The molecule has 0 unspecified atom stereocenters. The SMILES string of the molecule is O=C1C=C(c2ccc(Oc3ccc4ccc(Oc5ccc(C6=CC(=O)NC6=O)cc5)cc4c3)cc2)C(=O)N1. The molecular weight excluding hydrogens is 484 g/mol. The highest BCUT2D eigenvalue weighted by Crippen LogP contribution is 2.31. The highest BCUT2D eigenvalue weighted by molar-refractivity contribution is 6.34. The number of ether oxygens (including phenoxy) is 2. The lowest BCUT2D eigenvalue weighted by atomic mass is 10.1. The van der Waals surface area contributed by atoms with Crippen molar-refractivity contribution in [3.05, 3.63) is 108 Å². The van der Waals surface area contributed by atoms with Gasteiger partial charge in [-0.15, -0.1) is 0 Å². The van der Waals surface area contributed by atoms with Gasteiger partial charge in [-0.2, -0.15) is 0 Å². The smallest absolute Gasteiger partial charge is 0.258 e. The summed E-state index contributed by atoms with van der Waals surface area (Å²) in [4.78, 5) is 46.5.